The van der Waals surface area contributed by atoms with E-state index in [1.165, 1.54) is 5.56 Å². The lowest BCUT2D eigenvalue weighted by Gasteiger charge is -2.11. The molecule has 0 aliphatic carbocycles. The minimum atomic E-state index is -0.238. The maximum atomic E-state index is 11.9. The lowest BCUT2D eigenvalue weighted by atomic mass is 9.99. The van der Waals surface area contributed by atoms with Crippen molar-refractivity contribution in [2.24, 2.45) is 0 Å². The number of carbonyl (C=O) groups is 2. The second-order valence-electron chi connectivity index (χ2n) is 5.46. The Labute approximate surface area is 136 Å². The van der Waals surface area contributed by atoms with Crippen LogP contribution in [0.25, 0.3) is 0 Å². The van der Waals surface area contributed by atoms with Crippen molar-refractivity contribution in [3.05, 3.63) is 59.7 Å². The van der Waals surface area contributed by atoms with Gasteiger partial charge in [-0.05, 0) is 42.2 Å². The molecule has 0 aliphatic rings. The fraction of sp³-hybridized carbons (Fsp3) is 0.263. The molecule has 1 amide bonds. The summed E-state index contributed by atoms with van der Waals surface area (Å²) in [6, 6.07) is 14.5. The van der Waals surface area contributed by atoms with Crippen molar-refractivity contribution < 1.29 is 14.3 Å². The Kier molecular flexibility index (Phi) is 5.92. The largest absolute Gasteiger partial charge is 0.484 e. The van der Waals surface area contributed by atoms with Gasteiger partial charge in [-0.3, -0.25) is 9.59 Å². The Morgan fingerprint density at radius 3 is 2.61 bits per heavy atom. The van der Waals surface area contributed by atoms with E-state index in [2.05, 4.69) is 19.2 Å². The second-order valence-corrected chi connectivity index (χ2v) is 5.46. The molecule has 1 atom stereocenters. The van der Waals surface area contributed by atoms with Crippen LogP contribution in [0.4, 0.5) is 5.69 Å². The molecule has 1 N–H and O–H groups in total. The van der Waals surface area contributed by atoms with Crippen molar-refractivity contribution in [2.45, 2.75) is 26.2 Å². The smallest absolute Gasteiger partial charge is 0.262 e. The van der Waals surface area contributed by atoms with Gasteiger partial charge in [0.2, 0.25) is 0 Å². The summed E-state index contributed by atoms with van der Waals surface area (Å²) in [5.74, 6) is 0.767. The molecule has 0 spiro atoms. The molecule has 0 aliphatic heterocycles. The average molecular weight is 311 g/mol. The minimum absolute atomic E-state index is 0.102. The molecule has 0 bridgehead atoms. The fourth-order valence-corrected chi connectivity index (χ4v) is 2.15. The maximum absolute atomic E-state index is 11.9. The summed E-state index contributed by atoms with van der Waals surface area (Å²) in [5.41, 5.74) is 2.52. The predicted molar refractivity (Wildman–Crippen MR) is 91.1 cm³/mol. The monoisotopic (exact) mass is 311 g/mol. The first kappa shape index (κ1) is 16.7. The summed E-state index contributed by atoms with van der Waals surface area (Å²) in [4.78, 5) is 22.6. The van der Waals surface area contributed by atoms with Crippen molar-refractivity contribution >= 4 is 17.9 Å². The lowest BCUT2D eigenvalue weighted by Crippen LogP contribution is -2.20. The van der Waals surface area contributed by atoms with Crippen LogP contribution in [0.15, 0.2) is 48.5 Å². The third-order valence-corrected chi connectivity index (χ3v) is 3.74. The molecule has 4 nitrogen and oxygen atoms in total. The van der Waals surface area contributed by atoms with Gasteiger partial charge in [0.1, 0.15) is 12.0 Å². The third kappa shape index (κ3) is 4.95. The van der Waals surface area contributed by atoms with Crippen molar-refractivity contribution in [1.29, 1.82) is 0 Å². The third-order valence-electron chi connectivity index (χ3n) is 3.74. The van der Waals surface area contributed by atoms with Gasteiger partial charge in [0.15, 0.2) is 6.61 Å². The molecule has 0 radical (unpaired) electrons. The standard InChI is InChI=1S/C19H21NO3/c1-3-14(2)16-7-9-17(10-8-16)20-19(22)13-23-18-6-4-5-15(11-18)12-21/h4-12,14H,3,13H2,1-2H3,(H,20,22)/t14-/m1/s1. The first-order valence-corrected chi connectivity index (χ1v) is 7.70. The lowest BCUT2D eigenvalue weighted by molar-refractivity contribution is -0.118. The highest BCUT2D eigenvalue weighted by molar-refractivity contribution is 5.91. The summed E-state index contributed by atoms with van der Waals surface area (Å²) in [5, 5.41) is 2.79. The van der Waals surface area contributed by atoms with Crippen molar-refractivity contribution in [3.8, 4) is 5.75 Å². The zero-order chi connectivity index (χ0) is 16.7. The van der Waals surface area contributed by atoms with Crippen LogP contribution >= 0.6 is 0 Å². The first-order valence-electron chi connectivity index (χ1n) is 7.70. The summed E-state index contributed by atoms with van der Waals surface area (Å²) >= 11 is 0. The van der Waals surface area contributed by atoms with Gasteiger partial charge in [0, 0.05) is 11.3 Å². The number of hydrogen-bond donors (Lipinski definition) is 1. The molecule has 0 aromatic heterocycles. The van der Waals surface area contributed by atoms with Crippen molar-refractivity contribution in [3.63, 3.8) is 0 Å². The van der Waals surface area contributed by atoms with Crippen LogP contribution in [0, 0.1) is 0 Å². The molecule has 0 fully saturated rings. The molecule has 0 heterocycles. The average Bonchev–Trinajstić information content (AvgIpc) is 2.60. The van der Waals surface area contributed by atoms with E-state index in [-0.39, 0.29) is 12.5 Å². The highest BCUT2D eigenvalue weighted by Gasteiger charge is 2.06. The Morgan fingerprint density at radius 2 is 1.96 bits per heavy atom. The number of benzene rings is 2. The molecule has 120 valence electrons. The highest BCUT2D eigenvalue weighted by Crippen LogP contribution is 2.20. The SMILES string of the molecule is CC[C@@H](C)c1ccc(NC(=O)COc2cccc(C=O)c2)cc1. The van der Waals surface area contributed by atoms with Crippen LogP contribution in [-0.4, -0.2) is 18.8 Å². The summed E-state index contributed by atoms with van der Waals surface area (Å²) in [6.07, 6.45) is 1.82. The molecule has 0 unspecified atom stereocenters. The van der Waals surface area contributed by atoms with E-state index >= 15 is 0 Å². The molecule has 2 rings (SSSR count). The Bertz CT molecular complexity index is 665. The van der Waals surface area contributed by atoms with Gasteiger partial charge in [-0.1, -0.05) is 38.1 Å². The van der Waals surface area contributed by atoms with Gasteiger partial charge in [0.05, 0.1) is 0 Å². The van der Waals surface area contributed by atoms with E-state index in [1.807, 2.05) is 24.3 Å². The predicted octanol–water partition coefficient (Wildman–Crippen LogP) is 4.03. The summed E-state index contributed by atoms with van der Waals surface area (Å²) in [6.45, 7) is 4.22. The number of nitrogens with one attached hydrogen (secondary N) is 1. The van der Waals surface area contributed by atoms with E-state index in [4.69, 9.17) is 4.74 Å². The number of anilines is 1. The van der Waals surface area contributed by atoms with Gasteiger partial charge < -0.3 is 10.1 Å². The topological polar surface area (TPSA) is 55.4 Å². The summed E-state index contributed by atoms with van der Waals surface area (Å²) < 4.78 is 5.39. The summed E-state index contributed by atoms with van der Waals surface area (Å²) in [7, 11) is 0. The molecule has 0 saturated carbocycles. The van der Waals surface area contributed by atoms with E-state index in [1.54, 1.807) is 24.3 Å². The first-order chi connectivity index (χ1) is 11.1. The molecular formula is C19H21NO3. The van der Waals surface area contributed by atoms with E-state index < -0.39 is 0 Å². The minimum Gasteiger partial charge on any atom is -0.484 e. The normalized spacial score (nSPS) is 11.6. The van der Waals surface area contributed by atoms with Crippen LogP contribution in [0.1, 0.15) is 42.1 Å². The molecule has 2 aromatic carbocycles. The van der Waals surface area contributed by atoms with Crippen molar-refractivity contribution in [1.82, 2.24) is 0 Å². The number of rotatable bonds is 7. The Balaban J connectivity index is 1.88. The molecule has 2 aromatic rings. The maximum Gasteiger partial charge on any atom is 0.262 e. The van der Waals surface area contributed by atoms with E-state index in [9.17, 15) is 9.59 Å². The van der Waals surface area contributed by atoms with Gasteiger partial charge in [0.25, 0.3) is 5.91 Å². The fourth-order valence-electron chi connectivity index (χ4n) is 2.15. The van der Waals surface area contributed by atoms with Crippen LogP contribution in [0.5, 0.6) is 5.75 Å². The number of amides is 1. The second kappa shape index (κ2) is 8.13. The number of ether oxygens (including phenoxy) is 1. The van der Waals surface area contributed by atoms with Gasteiger partial charge in [-0.25, -0.2) is 0 Å². The van der Waals surface area contributed by atoms with Crippen LogP contribution in [0.2, 0.25) is 0 Å². The molecular weight excluding hydrogens is 290 g/mol. The zero-order valence-corrected chi connectivity index (χ0v) is 13.4. The molecule has 23 heavy (non-hydrogen) atoms. The zero-order valence-electron chi connectivity index (χ0n) is 13.4. The van der Waals surface area contributed by atoms with Crippen LogP contribution in [0.3, 0.4) is 0 Å². The molecule has 0 saturated heterocycles. The van der Waals surface area contributed by atoms with Crippen molar-refractivity contribution in [2.75, 3.05) is 11.9 Å². The van der Waals surface area contributed by atoms with E-state index in [0.29, 0.717) is 17.2 Å². The Hall–Kier alpha value is -2.62. The number of hydrogen-bond acceptors (Lipinski definition) is 3. The van der Waals surface area contributed by atoms with Crippen LogP contribution in [-0.2, 0) is 4.79 Å². The quantitative estimate of drug-likeness (QED) is 0.785. The van der Waals surface area contributed by atoms with Gasteiger partial charge in [-0.2, -0.15) is 0 Å². The van der Waals surface area contributed by atoms with E-state index in [0.717, 1.165) is 18.4 Å². The number of aldehydes is 1. The Morgan fingerprint density at radius 1 is 1.22 bits per heavy atom. The highest BCUT2D eigenvalue weighted by atomic mass is 16.5. The van der Waals surface area contributed by atoms with Gasteiger partial charge >= 0.3 is 0 Å². The number of carbonyl (C=O) groups excluding carboxylic acids is 2. The van der Waals surface area contributed by atoms with Gasteiger partial charge in [-0.15, -0.1) is 0 Å². The van der Waals surface area contributed by atoms with Crippen LogP contribution < -0.4 is 10.1 Å². The molecule has 4 heteroatoms.